The smallest absolute Gasteiger partial charge is 0.340 e. The Morgan fingerprint density at radius 2 is 1.74 bits per heavy atom. The van der Waals surface area contributed by atoms with Crippen molar-refractivity contribution in [3.05, 3.63) is 65.2 Å². The molecule has 27 heavy (non-hydrogen) atoms. The highest BCUT2D eigenvalue weighted by molar-refractivity contribution is 7.99. The van der Waals surface area contributed by atoms with Crippen molar-refractivity contribution in [1.82, 2.24) is 4.90 Å². The van der Waals surface area contributed by atoms with Crippen LogP contribution in [0, 0.1) is 0 Å². The first-order chi connectivity index (χ1) is 13.0. The number of thioether (sulfide) groups is 1. The fourth-order valence-electron chi connectivity index (χ4n) is 3.05. The van der Waals surface area contributed by atoms with Crippen LogP contribution in [0.1, 0.15) is 28.4 Å². The van der Waals surface area contributed by atoms with Crippen LogP contribution in [0.15, 0.2) is 53.4 Å². The summed E-state index contributed by atoms with van der Waals surface area (Å²) in [7, 11) is 0. The molecule has 2 aromatic carbocycles. The van der Waals surface area contributed by atoms with Gasteiger partial charge >= 0.3 is 5.97 Å². The molecule has 0 unspecified atom stereocenters. The zero-order chi connectivity index (χ0) is 19.4. The number of ether oxygens (including phenoxy) is 1. The van der Waals surface area contributed by atoms with Gasteiger partial charge in [-0.25, -0.2) is 4.79 Å². The lowest BCUT2D eigenvalue weighted by Crippen LogP contribution is -2.42. The number of fused-ring (bicyclic) bond motifs is 1. The number of carbonyl (C=O) groups is 2. The minimum absolute atomic E-state index is 0.0337. The molecule has 2 aromatic rings. The predicted octanol–water partition coefficient (Wildman–Crippen LogP) is 4.13. The van der Waals surface area contributed by atoms with E-state index in [1.54, 1.807) is 17.0 Å². The summed E-state index contributed by atoms with van der Waals surface area (Å²) in [6, 6.07) is 13.9. The van der Waals surface area contributed by atoms with Crippen LogP contribution in [0.5, 0.6) is 0 Å². The van der Waals surface area contributed by atoms with E-state index in [4.69, 9.17) is 4.74 Å². The highest BCUT2D eigenvalue weighted by Crippen LogP contribution is 2.29. The highest BCUT2D eigenvalue weighted by Gasteiger charge is 2.28. The van der Waals surface area contributed by atoms with Gasteiger partial charge in [-0.2, -0.15) is 8.78 Å². The number of amides is 1. The number of hydrogen-bond acceptors (Lipinski definition) is 4. The Kier molecular flexibility index (Phi) is 6.11. The summed E-state index contributed by atoms with van der Waals surface area (Å²) < 4.78 is 30.6. The lowest BCUT2D eigenvalue weighted by Gasteiger charge is -2.30. The third-order valence-electron chi connectivity index (χ3n) is 4.40. The molecule has 1 heterocycles. The Balaban J connectivity index is 1.66. The van der Waals surface area contributed by atoms with Crippen LogP contribution in [-0.4, -0.2) is 35.2 Å². The summed E-state index contributed by atoms with van der Waals surface area (Å²) in [5, 5.41) is 0. The molecule has 1 atom stereocenters. The van der Waals surface area contributed by atoms with Crippen molar-refractivity contribution >= 4 is 23.6 Å². The molecular formula is C20H19F2NO3S. The fraction of sp³-hybridized carbons (Fsp3) is 0.300. The molecule has 1 aliphatic rings. The second-order valence-electron chi connectivity index (χ2n) is 6.20. The molecule has 0 radical (unpaired) electrons. The van der Waals surface area contributed by atoms with Gasteiger partial charge in [0.1, 0.15) is 0 Å². The molecule has 0 saturated heterocycles. The van der Waals surface area contributed by atoms with E-state index in [0.29, 0.717) is 13.1 Å². The van der Waals surface area contributed by atoms with Crippen molar-refractivity contribution in [2.75, 3.05) is 6.54 Å². The molecule has 142 valence electrons. The van der Waals surface area contributed by atoms with Crippen molar-refractivity contribution in [3.8, 4) is 0 Å². The summed E-state index contributed by atoms with van der Waals surface area (Å²) in [6.07, 6.45) is -0.247. The third-order valence-corrected chi connectivity index (χ3v) is 5.19. The molecular weight excluding hydrogens is 372 g/mol. The molecule has 0 spiro atoms. The van der Waals surface area contributed by atoms with E-state index in [9.17, 15) is 18.4 Å². The largest absolute Gasteiger partial charge is 0.449 e. The second kappa shape index (κ2) is 8.52. The molecule has 0 N–H and O–H groups in total. The normalized spacial score (nSPS) is 14.6. The summed E-state index contributed by atoms with van der Waals surface area (Å²) >= 11 is 0.280. The maximum Gasteiger partial charge on any atom is 0.340 e. The monoisotopic (exact) mass is 391 g/mol. The molecule has 0 aromatic heterocycles. The fourth-order valence-corrected chi connectivity index (χ4v) is 3.68. The highest BCUT2D eigenvalue weighted by atomic mass is 32.2. The second-order valence-corrected chi connectivity index (χ2v) is 7.23. The van der Waals surface area contributed by atoms with Crippen LogP contribution in [0.2, 0.25) is 0 Å². The van der Waals surface area contributed by atoms with Gasteiger partial charge in [0.2, 0.25) is 0 Å². The van der Waals surface area contributed by atoms with Crippen LogP contribution in [0.25, 0.3) is 0 Å². The Morgan fingerprint density at radius 3 is 2.48 bits per heavy atom. The van der Waals surface area contributed by atoms with Crippen molar-refractivity contribution in [2.45, 2.75) is 36.6 Å². The average Bonchev–Trinajstić information content (AvgIpc) is 2.66. The maximum atomic E-state index is 12.7. The van der Waals surface area contributed by atoms with Gasteiger partial charge in [0.05, 0.1) is 5.56 Å². The van der Waals surface area contributed by atoms with Crippen molar-refractivity contribution in [1.29, 1.82) is 0 Å². The molecule has 0 aliphatic carbocycles. The van der Waals surface area contributed by atoms with Gasteiger partial charge in [-0.05, 0) is 36.6 Å². The number of carbonyl (C=O) groups excluding carboxylic acids is 2. The number of alkyl halides is 2. The van der Waals surface area contributed by atoms with Crippen LogP contribution in [-0.2, 0) is 22.5 Å². The van der Waals surface area contributed by atoms with Crippen LogP contribution >= 0.6 is 11.8 Å². The number of rotatable bonds is 5. The molecule has 1 aliphatic heterocycles. The predicted molar refractivity (Wildman–Crippen MR) is 98.7 cm³/mol. The third kappa shape index (κ3) is 4.66. The Bertz CT molecular complexity index is 843. The van der Waals surface area contributed by atoms with E-state index in [1.807, 2.05) is 24.3 Å². The molecule has 0 bridgehead atoms. The first-order valence-electron chi connectivity index (χ1n) is 8.56. The maximum absolute atomic E-state index is 12.7. The van der Waals surface area contributed by atoms with Gasteiger partial charge in [0.25, 0.3) is 11.7 Å². The topological polar surface area (TPSA) is 46.6 Å². The van der Waals surface area contributed by atoms with E-state index in [1.165, 1.54) is 24.6 Å². The van der Waals surface area contributed by atoms with E-state index in [0.717, 1.165) is 12.0 Å². The first kappa shape index (κ1) is 19.4. The van der Waals surface area contributed by atoms with Gasteiger partial charge in [0.15, 0.2) is 6.10 Å². The van der Waals surface area contributed by atoms with Crippen LogP contribution < -0.4 is 0 Å². The van der Waals surface area contributed by atoms with Crippen molar-refractivity contribution in [3.63, 3.8) is 0 Å². The summed E-state index contributed by atoms with van der Waals surface area (Å²) in [4.78, 5) is 26.8. The van der Waals surface area contributed by atoms with Crippen LogP contribution in [0.3, 0.4) is 0 Å². The quantitative estimate of drug-likeness (QED) is 0.568. The molecule has 0 saturated carbocycles. The first-order valence-corrected chi connectivity index (χ1v) is 9.44. The lowest BCUT2D eigenvalue weighted by atomic mass is 9.99. The minimum Gasteiger partial charge on any atom is -0.449 e. The summed E-state index contributed by atoms with van der Waals surface area (Å²) in [5.74, 6) is -3.72. The van der Waals surface area contributed by atoms with Crippen LogP contribution in [0.4, 0.5) is 8.78 Å². The molecule has 3 rings (SSSR count). The van der Waals surface area contributed by atoms with E-state index < -0.39 is 17.8 Å². The molecule has 1 amide bonds. The zero-order valence-corrected chi connectivity index (χ0v) is 15.5. The van der Waals surface area contributed by atoms with E-state index in [2.05, 4.69) is 0 Å². The summed E-state index contributed by atoms with van der Waals surface area (Å²) in [6.45, 7) is 2.52. The minimum atomic E-state index is -2.65. The number of hydrogen-bond donors (Lipinski definition) is 0. The Morgan fingerprint density at radius 1 is 1.07 bits per heavy atom. The Hall–Kier alpha value is -2.41. The molecule has 7 heteroatoms. The number of nitrogens with zero attached hydrogens (tertiary/aromatic N) is 1. The lowest BCUT2D eigenvalue weighted by molar-refractivity contribution is -0.140. The molecule has 4 nitrogen and oxygen atoms in total. The van der Waals surface area contributed by atoms with Crippen molar-refractivity contribution in [2.24, 2.45) is 0 Å². The SMILES string of the molecule is C[C@@H](OC(=O)c1ccccc1SC(F)F)C(=O)N1CCc2ccccc2C1. The average molecular weight is 391 g/mol. The van der Waals surface area contributed by atoms with Crippen molar-refractivity contribution < 1.29 is 23.1 Å². The van der Waals surface area contributed by atoms with E-state index >= 15 is 0 Å². The van der Waals surface area contributed by atoms with Gasteiger partial charge in [0, 0.05) is 18.0 Å². The molecule has 0 fully saturated rings. The number of esters is 1. The standard InChI is InChI=1S/C20H19F2NO3S/c1-13(18(24)23-11-10-14-6-2-3-7-15(14)12-23)26-19(25)16-8-4-5-9-17(16)27-20(21)22/h2-9,13,20H,10-12H2,1H3/t13-/m1/s1. The summed E-state index contributed by atoms with van der Waals surface area (Å²) in [5.41, 5.74) is 2.32. The van der Waals surface area contributed by atoms with Gasteiger partial charge in [-0.15, -0.1) is 0 Å². The van der Waals surface area contributed by atoms with Gasteiger partial charge in [-0.3, -0.25) is 4.79 Å². The van der Waals surface area contributed by atoms with E-state index in [-0.39, 0.29) is 28.1 Å². The number of benzene rings is 2. The number of halogens is 2. The van der Waals surface area contributed by atoms with Gasteiger partial charge in [-0.1, -0.05) is 48.2 Å². The zero-order valence-electron chi connectivity index (χ0n) is 14.7. The Labute approximate surface area is 160 Å². The van der Waals surface area contributed by atoms with Gasteiger partial charge < -0.3 is 9.64 Å².